The maximum Gasteiger partial charge on any atom is 0.134 e. The molecule has 0 atom stereocenters. The lowest BCUT2D eigenvalue weighted by molar-refractivity contribution is 0.0892. The maximum atomic E-state index is 6.89. The van der Waals surface area contributed by atoms with Crippen LogP contribution < -0.4 is 14.2 Å². The highest BCUT2D eigenvalue weighted by Gasteiger charge is 2.26. The zero-order valence-electron chi connectivity index (χ0n) is 47.9. The third-order valence-corrected chi connectivity index (χ3v) is 13.9. The van der Waals surface area contributed by atoms with E-state index in [1.807, 2.05) is 73.2 Å². The third-order valence-electron chi connectivity index (χ3n) is 13.9. The fourth-order valence-corrected chi connectivity index (χ4v) is 9.43. The van der Waals surface area contributed by atoms with E-state index in [9.17, 15) is 0 Å². The van der Waals surface area contributed by atoms with Gasteiger partial charge in [0.05, 0.1) is 94.9 Å². The molecule has 0 saturated carbocycles. The summed E-state index contributed by atoms with van der Waals surface area (Å²) < 4.78 is 46.5. The van der Waals surface area contributed by atoms with Crippen molar-refractivity contribution in [2.24, 2.45) is 0 Å². The van der Waals surface area contributed by atoms with Crippen molar-refractivity contribution in [2.45, 2.75) is 158 Å². The molecule has 0 N–H and O–H groups in total. The highest BCUT2D eigenvalue weighted by Crippen LogP contribution is 2.39. The average molecular weight is 1090 g/mol. The topological polar surface area (TPSA) is 186 Å². The molecule has 0 spiro atoms. The SMILES string of the molecule is CC(C)(C)c1cc2c(OCc3cn(Cc4ccccn4)nn3)c(c1)COCc1cc(C(C)(C)C)cc(c1OCc1cn(Cc3ccccn3)nn1)COCc1cc(C(C)(C)C)cc(c1OCc1cn(Cc3ccccn3)nn1)COC2. The van der Waals surface area contributed by atoms with E-state index in [1.165, 1.54) is 0 Å². The van der Waals surface area contributed by atoms with Crippen molar-refractivity contribution >= 4 is 0 Å². The van der Waals surface area contributed by atoms with Gasteiger partial charge in [-0.1, -0.05) is 96.2 Å². The predicted octanol–water partition coefficient (Wildman–Crippen LogP) is 10.9. The summed E-state index contributed by atoms with van der Waals surface area (Å²) >= 11 is 0. The molecule has 420 valence electrons. The van der Waals surface area contributed by atoms with E-state index in [1.54, 1.807) is 32.6 Å². The second-order valence-corrected chi connectivity index (χ2v) is 23.7. The van der Waals surface area contributed by atoms with Crippen LogP contribution in [0, 0.1) is 0 Å². The molecule has 0 unspecified atom stereocenters. The van der Waals surface area contributed by atoms with Gasteiger partial charge in [0, 0.05) is 52.0 Å². The van der Waals surface area contributed by atoms with Gasteiger partial charge in [-0.3, -0.25) is 15.0 Å². The first-order chi connectivity index (χ1) is 39.0. The van der Waals surface area contributed by atoms with E-state index >= 15 is 0 Å². The summed E-state index contributed by atoms with van der Waals surface area (Å²) in [6.45, 7) is 23.0. The molecule has 0 radical (unpaired) electrons. The number of benzene rings is 3. The van der Waals surface area contributed by atoms with E-state index in [2.05, 4.69) is 145 Å². The fraction of sp³-hybridized carbons (Fsp3) is 0.381. The van der Waals surface area contributed by atoms with Crippen LogP contribution in [0.15, 0.2) is 128 Å². The van der Waals surface area contributed by atoms with Crippen molar-refractivity contribution in [1.29, 1.82) is 0 Å². The summed E-state index contributed by atoms with van der Waals surface area (Å²) in [4.78, 5) is 13.4. The maximum absolute atomic E-state index is 6.89. The zero-order valence-corrected chi connectivity index (χ0v) is 47.9. The van der Waals surface area contributed by atoms with E-state index in [0.29, 0.717) is 54.0 Å². The van der Waals surface area contributed by atoms with Crippen molar-refractivity contribution in [3.63, 3.8) is 0 Å². The molecule has 0 aliphatic carbocycles. The summed E-state index contributed by atoms with van der Waals surface area (Å²) in [7, 11) is 0. The molecule has 81 heavy (non-hydrogen) atoms. The van der Waals surface area contributed by atoms with Crippen molar-refractivity contribution in [1.82, 2.24) is 59.9 Å². The first-order valence-electron chi connectivity index (χ1n) is 27.4. The monoisotopic (exact) mass is 1090 g/mol. The van der Waals surface area contributed by atoms with E-state index in [-0.39, 0.29) is 75.7 Å². The van der Waals surface area contributed by atoms with Gasteiger partial charge in [0.1, 0.15) is 54.2 Å². The summed E-state index contributed by atoms with van der Waals surface area (Å²) in [5.41, 5.74) is 12.4. The Morgan fingerprint density at radius 1 is 0.370 bits per heavy atom. The van der Waals surface area contributed by atoms with Crippen LogP contribution in [0.1, 0.15) is 147 Å². The summed E-state index contributed by atoms with van der Waals surface area (Å²) in [5.74, 6) is 1.96. The molecular formula is C63H72N12O6. The quantitative estimate of drug-likeness (QED) is 0.0943. The van der Waals surface area contributed by atoms with Crippen LogP contribution in [-0.4, -0.2) is 59.9 Å². The first-order valence-corrected chi connectivity index (χ1v) is 27.4. The van der Waals surface area contributed by atoms with Crippen LogP contribution in [0.25, 0.3) is 0 Å². The van der Waals surface area contributed by atoms with Gasteiger partial charge in [0.2, 0.25) is 0 Å². The van der Waals surface area contributed by atoms with Crippen molar-refractivity contribution < 1.29 is 28.4 Å². The minimum atomic E-state index is -0.236. The normalized spacial score (nSPS) is 13.6. The van der Waals surface area contributed by atoms with Crippen LogP contribution in [-0.2, 0) is 110 Å². The van der Waals surface area contributed by atoms with Crippen LogP contribution in [0.4, 0.5) is 0 Å². The van der Waals surface area contributed by atoms with Gasteiger partial charge in [-0.25, -0.2) is 14.0 Å². The van der Waals surface area contributed by atoms with Gasteiger partial charge in [-0.05, 0) is 106 Å². The van der Waals surface area contributed by atoms with Gasteiger partial charge < -0.3 is 28.4 Å². The van der Waals surface area contributed by atoms with Gasteiger partial charge in [-0.2, -0.15) is 0 Å². The number of hydrogen-bond donors (Lipinski definition) is 0. The number of rotatable bonds is 15. The minimum absolute atomic E-state index is 0.153. The molecule has 1 aliphatic heterocycles. The Hall–Kier alpha value is -8.19. The Balaban J connectivity index is 1.04. The third kappa shape index (κ3) is 14.8. The Morgan fingerprint density at radius 3 is 0.852 bits per heavy atom. The molecule has 6 bridgehead atoms. The standard InChI is InChI=1S/C63H72N12O6/c1-61(2,3)49-22-43-34-76-36-45-24-50(62(4,5)6)26-47(59(45)80-41-56-32-74(71-68-56)29-53-17-11-14-20-65-53)38-78-39-48-27-51(63(7,8)9)25-46(60(48)81-42-57-33-75(72-69-57)30-54-18-12-15-21-66-54)37-77-35-44(23-49)58(43)79-40-55-31-73(70-67-55)28-52-16-10-13-19-64-52/h10-27,31-33H,28-30,34-42H2,1-9H3. The van der Waals surface area contributed by atoms with E-state index < -0.39 is 0 Å². The molecule has 7 heterocycles. The fourth-order valence-electron chi connectivity index (χ4n) is 9.43. The minimum Gasteiger partial charge on any atom is -0.486 e. The number of hydrogen-bond acceptors (Lipinski definition) is 15. The zero-order chi connectivity index (χ0) is 56.6. The second-order valence-electron chi connectivity index (χ2n) is 23.7. The smallest absolute Gasteiger partial charge is 0.134 e. The summed E-state index contributed by atoms with van der Waals surface area (Å²) in [5, 5.41) is 26.8. The molecule has 0 fully saturated rings. The van der Waals surface area contributed by atoms with Gasteiger partial charge >= 0.3 is 0 Å². The number of ether oxygens (including phenoxy) is 6. The van der Waals surface area contributed by atoms with Crippen LogP contribution >= 0.6 is 0 Å². The first kappa shape index (κ1) is 56.1. The molecule has 1 aliphatic rings. The molecule has 0 saturated heterocycles. The van der Waals surface area contributed by atoms with Gasteiger partial charge in [-0.15, -0.1) is 15.3 Å². The molecule has 0 amide bonds. The van der Waals surface area contributed by atoms with E-state index in [4.69, 9.17) is 28.4 Å². The molecule has 3 aromatic carbocycles. The molecule has 10 rings (SSSR count). The van der Waals surface area contributed by atoms with Gasteiger partial charge in [0.15, 0.2) is 0 Å². The second kappa shape index (κ2) is 24.7. The molecule has 18 heteroatoms. The lowest BCUT2D eigenvalue weighted by atomic mass is 9.84. The Labute approximate surface area is 473 Å². The highest BCUT2D eigenvalue weighted by atomic mass is 16.5. The number of nitrogens with zero attached hydrogens (tertiary/aromatic N) is 12. The number of pyridine rings is 3. The molecule has 6 aromatic heterocycles. The number of fused-ring (bicyclic) bond motifs is 6. The molecule has 9 aromatic rings. The summed E-state index contributed by atoms with van der Waals surface area (Å²) in [6.07, 6.45) is 11.0. The lowest BCUT2D eigenvalue weighted by Gasteiger charge is -2.26. The van der Waals surface area contributed by atoms with E-state index in [0.717, 1.165) is 67.2 Å². The summed E-state index contributed by atoms with van der Waals surface area (Å²) in [6, 6.07) is 30.6. The van der Waals surface area contributed by atoms with Crippen molar-refractivity contribution in [3.8, 4) is 17.2 Å². The van der Waals surface area contributed by atoms with Gasteiger partial charge in [0.25, 0.3) is 0 Å². The Kier molecular flexibility index (Phi) is 17.1. The highest BCUT2D eigenvalue weighted by molar-refractivity contribution is 5.49. The number of aromatic nitrogens is 12. The largest absolute Gasteiger partial charge is 0.486 e. The Morgan fingerprint density at radius 2 is 0.630 bits per heavy atom. The van der Waals surface area contributed by atoms with Crippen LogP contribution in [0.5, 0.6) is 17.2 Å². The predicted molar refractivity (Wildman–Crippen MR) is 304 cm³/mol. The average Bonchev–Trinajstić information content (AvgIpc) is 4.22. The molecular weight excluding hydrogens is 1020 g/mol. The Bertz CT molecular complexity index is 3080. The van der Waals surface area contributed by atoms with Crippen molar-refractivity contribution in [3.05, 3.63) is 212 Å². The van der Waals surface area contributed by atoms with Crippen LogP contribution in [0.2, 0.25) is 0 Å². The van der Waals surface area contributed by atoms with Crippen molar-refractivity contribution in [2.75, 3.05) is 0 Å². The van der Waals surface area contributed by atoms with Crippen LogP contribution in [0.3, 0.4) is 0 Å². The lowest BCUT2D eigenvalue weighted by Crippen LogP contribution is -2.16. The molecule has 18 nitrogen and oxygen atoms in total.